The molecule has 0 aliphatic rings. The molecule has 114 valence electrons. The minimum atomic E-state index is -0.500. The Morgan fingerprint density at radius 2 is 2.19 bits per heavy atom. The SMILES string of the molecule is CC(C)[C@H](N)C(=O)NCCc1nc2ccc(F)cc2n1C. The standard InChI is InChI=1S/C15H21FN4O/c1-9(2)14(17)15(21)18-7-6-13-19-11-5-4-10(16)8-12(11)20(13)3/h4-5,8-9,14H,6-7,17H2,1-3H3,(H,18,21)/t14-/m0/s1. The Hall–Kier alpha value is -1.95. The van der Waals surface area contributed by atoms with Gasteiger partial charge in [-0.15, -0.1) is 0 Å². The van der Waals surface area contributed by atoms with E-state index in [1.54, 1.807) is 6.07 Å². The van der Waals surface area contributed by atoms with Crippen LogP contribution >= 0.6 is 0 Å². The molecule has 0 saturated carbocycles. The highest BCUT2D eigenvalue weighted by Crippen LogP contribution is 2.16. The predicted molar refractivity (Wildman–Crippen MR) is 80.2 cm³/mol. The van der Waals surface area contributed by atoms with Gasteiger partial charge in [-0.25, -0.2) is 9.37 Å². The summed E-state index contributed by atoms with van der Waals surface area (Å²) in [6, 6.07) is 4.00. The fourth-order valence-corrected chi connectivity index (χ4v) is 2.15. The van der Waals surface area contributed by atoms with Crippen LogP contribution in [0, 0.1) is 11.7 Å². The Balaban J connectivity index is 2.01. The Morgan fingerprint density at radius 1 is 1.48 bits per heavy atom. The molecule has 1 atom stereocenters. The van der Waals surface area contributed by atoms with Crippen molar-refractivity contribution in [1.82, 2.24) is 14.9 Å². The van der Waals surface area contributed by atoms with Gasteiger partial charge in [-0.2, -0.15) is 0 Å². The molecule has 5 nitrogen and oxygen atoms in total. The largest absolute Gasteiger partial charge is 0.354 e. The molecule has 6 heteroatoms. The fourth-order valence-electron chi connectivity index (χ4n) is 2.15. The monoisotopic (exact) mass is 292 g/mol. The molecule has 1 aromatic heterocycles. The molecule has 0 saturated heterocycles. The second kappa shape index (κ2) is 6.22. The van der Waals surface area contributed by atoms with Crippen LogP contribution in [0.3, 0.4) is 0 Å². The van der Waals surface area contributed by atoms with Gasteiger partial charge in [-0.3, -0.25) is 4.79 Å². The number of aromatic nitrogens is 2. The van der Waals surface area contributed by atoms with Crippen LogP contribution in [0.1, 0.15) is 19.7 Å². The Labute approximate surface area is 123 Å². The van der Waals surface area contributed by atoms with E-state index >= 15 is 0 Å². The molecule has 0 unspecified atom stereocenters. The maximum atomic E-state index is 13.2. The van der Waals surface area contributed by atoms with E-state index in [2.05, 4.69) is 10.3 Å². The van der Waals surface area contributed by atoms with Crippen LogP contribution in [-0.4, -0.2) is 28.0 Å². The molecule has 1 heterocycles. The summed E-state index contributed by atoms with van der Waals surface area (Å²) in [6.07, 6.45) is 0.573. The first kappa shape index (κ1) is 15.4. The zero-order valence-electron chi connectivity index (χ0n) is 12.6. The van der Waals surface area contributed by atoms with E-state index in [4.69, 9.17) is 5.73 Å². The third-order valence-electron chi connectivity index (χ3n) is 3.60. The molecule has 0 bridgehead atoms. The minimum Gasteiger partial charge on any atom is -0.354 e. The zero-order chi connectivity index (χ0) is 15.6. The first-order valence-electron chi connectivity index (χ1n) is 7.04. The highest BCUT2D eigenvalue weighted by Gasteiger charge is 2.16. The third-order valence-corrected chi connectivity index (χ3v) is 3.60. The predicted octanol–water partition coefficient (Wildman–Crippen LogP) is 1.35. The molecule has 2 aromatic rings. The molecule has 0 aliphatic heterocycles. The number of halogens is 1. The van der Waals surface area contributed by atoms with Crippen molar-refractivity contribution in [2.45, 2.75) is 26.3 Å². The molecule has 1 aromatic carbocycles. The van der Waals surface area contributed by atoms with Gasteiger partial charge in [0.05, 0.1) is 17.1 Å². The lowest BCUT2D eigenvalue weighted by Crippen LogP contribution is -2.44. The summed E-state index contributed by atoms with van der Waals surface area (Å²) in [5, 5.41) is 2.80. The number of aryl methyl sites for hydroxylation is 1. The molecule has 0 fully saturated rings. The molecular formula is C15H21FN4O. The van der Waals surface area contributed by atoms with Crippen LogP contribution in [0.5, 0.6) is 0 Å². The van der Waals surface area contributed by atoms with Crippen LogP contribution in [0.4, 0.5) is 4.39 Å². The minimum absolute atomic E-state index is 0.101. The van der Waals surface area contributed by atoms with E-state index in [1.165, 1.54) is 12.1 Å². The number of amides is 1. The van der Waals surface area contributed by atoms with E-state index in [9.17, 15) is 9.18 Å². The number of carbonyl (C=O) groups is 1. The number of hydrogen-bond acceptors (Lipinski definition) is 3. The summed E-state index contributed by atoms with van der Waals surface area (Å²) < 4.78 is 15.1. The van der Waals surface area contributed by atoms with Gasteiger partial charge in [-0.05, 0) is 24.1 Å². The maximum Gasteiger partial charge on any atom is 0.237 e. The lowest BCUT2D eigenvalue weighted by molar-refractivity contribution is -0.123. The Morgan fingerprint density at radius 3 is 2.86 bits per heavy atom. The van der Waals surface area contributed by atoms with Gasteiger partial charge in [0.1, 0.15) is 11.6 Å². The van der Waals surface area contributed by atoms with Crippen LogP contribution < -0.4 is 11.1 Å². The highest BCUT2D eigenvalue weighted by atomic mass is 19.1. The van der Waals surface area contributed by atoms with Crippen LogP contribution in [0.15, 0.2) is 18.2 Å². The average molecular weight is 292 g/mol. The van der Waals surface area contributed by atoms with Gasteiger partial charge in [-0.1, -0.05) is 13.8 Å². The smallest absolute Gasteiger partial charge is 0.237 e. The second-order valence-electron chi connectivity index (χ2n) is 5.53. The Bertz CT molecular complexity index is 650. The van der Waals surface area contributed by atoms with Crippen molar-refractivity contribution in [2.75, 3.05) is 6.54 Å². The van der Waals surface area contributed by atoms with Crippen molar-refractivity contribution in [3.05, 3.63) is 29.8 Å². The number of fused-ring (bicyclic) bond motifs is 1. The van der Waals surface area contributed by atoms with E-state index in [-0.39, 0.29) is 17.6 Å². The van der Waals surface area contributed by atoms with Crippen molar-refractivity contribution in [3.8, 4) is 0 Å². The Kier molecular flexibility index (Phi) is 4.57. The molecular weight excluding hydrogens is 271 g/mol. The summed E-state index contributed by atoms with van der Waals surface area (Å²) in [5.41, 5.74) is 7.27. The van der Waals surface area contributed by atoms with Gasteiger partial charge in [0, 0.05) is 20.0 Å². The van der Waals surface area contributed by atoms with Crippen LogP contribution in [0.25, 0.3) is 11.0 Å². The van der Waals surface area contributed by atoms with Crippen molar-refractivity contribution in [1.29, 1.82) is 0 Å². The summed E-state index contributed by atoms with van der Waals surface area (Å²) in [5.74, 6) is 0.459. The lowest BCUT2D eigenvalue weighted by Gasteiger charge is -2.15. The molecule has 0 radical (unpaired) electrons. The first-order chi connectivity index (χ1) is 9.90. The fraction of sp³-hybridized carbons (Fsp3) is 0.467. The number of nitrogens with one attached hydrogen (secondary N) is 1. The number of nitrogens with zero attached hydrogens (tertiary/aromatic N) is 2. The summed E-state index contributed by atoms with van der Waals surface area (Å²) in [7, 11) is 1.84. The number of carbonyl (C=O) groups excluding carboxylic acids is 1. The number of benzene rings is 1. The van der Waals surface area contributed by atoms with Crippen molar-refractivity contribution < 1.29 is 9.18 Å². The van der Waals surface area contributed by atoms with E-state index < -0.39 is 6.04 Å². The molecule has 1 amide bonds. The van der Waals surface area contributed by atoms with Crippen LogP contribution in [-0.2, 0) is 18.3 Å². The maximum absolute atomic E-state index is 13.2. The third kappa shape index (κ3) is 3.39. The lowest BCUT2D eigenvalue weighted by atomic mass is 10.1. The first-order valence-corrected chi connectivity index (χ1v) is 7.04. The van der Waals surface area contributed by atoms with E-state index in [1.807, 2.05) is 25.5 Å². The van der Waals surface area contributed by atoms with Crippen molar-refractivity contribution in [2.24, 2.45) is 18.7 Å². The molecule has 2 rings (SSSR count). The van der Waals surface area contributed by atoms with Gasteiger partial charge >= 0.3 is 0 Å². The highest BCUT2D eigenvalue weighted by molar-refractivity contribution is 5.81. The van der Waals surface area contributed by atoms with E-state index in [0.29, 0.717) is 13.0 Å². The van der Waals surface area contributed by atoms with Gasteiger partial charge < -0.3 is 15.6 Å². The van der Waals surface area contributed by atoms with Gasteiger partial charge in [0.2, 0.25) is 5.91 Å². The van der Waals surface area contributed by atoms with Gasteiger partial charge in [0.25, 0.3) is 0 Å². The van der Waals surface area contributed by atoms with E-state index in [0.717, 1.165) is 16.9 Å². The summed E-state index contributed by atoms with van der Waals surface area (Å²) >= 11 is 0. The zero-order valence-corrected chi connectivity index (χ0v) is 12.6. The quantitative estimate of drug-likeness (QED) is 0.874. The number of nitrogens with two attached hydrogens (primary N) is 1. The van der Waals surface area contributed by atoms with Crippen LogP contribution in [0.2, 0.25) is 0 Å². The summed E-state index contributed by atoms with van der Waals surface area (Å²) in [4.78, 5) is 16.2. The molecule has 0 aliphatic carbocycles. The van der Waals surface area contributed by atoms with Gasteiger partial charge in [0.15, 0.2) is 0 Å². The average Bonchev–Trinajstić information content (AvgIpc) is 2.74. The number of rotatable bonds is 5. The van der Waals surface area contributed by atoms with Crippen molar-refractivity contribution in [3.63, 3.8) is 0 Å². The molecule has 0 spiro atoms. The number of imidazole rings is 1. The molecule has 21 heavy (non-hydrogen) atoms. The number of hydrogen-bond donors (Lipinski definition) is 2. The normalized spacial score (nSPS) is 12.9. The van der Waals surface area contributed by atoms with Crippen molar-refractivity contribution >= 4 is 16.9 Å². The summed E-state index contributed by atoms with van der Waals surface area (Å²) in [6.45, 7) is 4.27. The second-order valence-corrected chi connectivity index (χ2v) is 5.53. The topological polar surface area (TPSA) is 72.9 Å². The molecule has 3 N–H and O–H groups in total.